The van der Waals surface area contributed by atoms with Gasteiger partial charge < -0.3 is 64.2 Å². The van der Waals surface area contributed by atoms with Gasteiger partial charge in [0, 0.05) is 6.61 Å². The van der Waals surface area contributed by atoms with Crippen LogP contribution in [0.5, 0.6) is 0 Å². The van der Waals surface area contributed by atoms with Gasteiger partial charge in [0.25, 0.3) is 0 Å². The number of aliphatic hydroxyl groups is 7. The molecule has 0 amide bonds. The molecule has 2 heterocycles. The molecule has 0 radical (unpaired) electrons. The van der Waals surface area contributed by atoms with E-state index in [1.807, 2.05) is 12.2 Å². The van der Waals surface area contributed by atoms with Gasteiger partial charge in [0.05, 0.1) is 32.8 Å². The predicted molar refractivity (Wildman–Crippen MR) is 279 cm³/mol. The average molecular weight is 1010 g/mol. The zero-order valence-electron chi connectivity index (χ0n) is 43.9. The van der Waals surface area contributed by atoms with E-state index in [0.29, 0.717) is 13.0 Å². The van der Waals surface area contributed by atoms with Crippen molar-refractivity contribution in [1.29, 1.82) is 0 Å². The van der Waals surface area contributed by atoms with Crippen LogP contribution in [0.15, 0.2) is 60.8 Å². The molecular formula is C57H100O14. The second-order valence-corrected chi connectivity index (χ2v) is 19.4. The van der Waals surface area contributed by atoms with Gasteiger partial charge in [-0.15, -0.1) is 0 Å². The molecule has 11 unspecified atom stereocenters. The van der Waals surface area contributed by atoms with E-state index in [9.17, 15) is 40.5 Å². The fourth-order valence-electron chi connectivity index (χ4n) is 8.60. The molecule has 0 aliphatic carbocycles. The van der Waals surface area contributed by atoms with Crippen molar-refractivity contribution >= 4 is 5.97 Å². The van der Waals surface area contributed by atoms with Crippen LogP contribution in [0.4, 0.5) is 0 Å². The topological polar surface area (TPSA) is 214 Å². The van der Waals surface area contributed by atoms with Crippen LogP contribution < -0.4 is 0 Å². The summed E-state index contributed by atoms with van der Waals surface area (Å²) in [4.78, 5) is 13.0. The van der Waals surface area contributed by atoms with Crippen LogP contribution >= 0.6 is 0 Å². The number of hydrogen-bond acceptors (Lipinski definition) is 14. The Kier molecular flexibility index (Phi) is 40.2. The number of ether oxygens (including phenoxy) is 6. The smallest absolute Gasteiger partial charge is 0.310 e. The van der Waals surface area contributed by atoms with Crippen molar-refractivity contribution in [3.8, 4) is 0 Å². The highest BCUT2D eigenvalue weighted by Crippen LogP contribution is 2.26. The average Bonchev–Trinajstić information content (AvgIpc) is 3.37. The minimum Gasteiger partial charge on any atom is -0.457 e. The lowest BCUT2D eigenvalue weighted by Crippen LogP contribution is -2.61. The quantitative estimate of drug-likeness (QED) is 0.0172. The molecule has 0 bridgehead atoms. The molecule has 0 spiro atoms. The van der Waals surface area contributed by atoms with Crippen LogP contribution in [0.25, 0.3) is 0 Å². The Hall–Kier alpha value is -2.31. The van der Waals surface area contributed by atoms with Crippen LogP contribution in [0.1, 0.15) is 194 Å². The molecule has 7 N–H and O–H groups in total. The normalized spacial score (nSPS) is 25.8. The Morgan fingerprint density at radius 1 is 0.465 bits per heavy atom. The van der Waals surface area contributed by atoms with E-state index < -0.39 is 86.7 Å². The molecule has 2 aliphatic rings. The summed E-state index contributed by atoms with van der Waals surface area (Å²) in [5, 5.41) is 72.2. The number of rotatable bonds is 44. The fraction of sp³-hybridized carbons (Fsp3) is 0.807. The summed E-state index contributed by atoms with van der Waals surface area (Å²) < 4.78 is 34.2. The lowest BCUT2D eigenvalue weighted by atomic mass is 9.98. The molecule has 0 aromatic heterocycles. The molecule has 11 atom stereocenters. The summed E-state index contributed by atoms with van der Waals surface area (Å²) in [6, 6.07) is 0. The summed E-state index contributed by atoms with van der Waals surface area (Å²) >= 11 is 0. The number of esters is 1. The van der Waals surface area contributed by atoms with Crippen molar-refractivity contribution in [2.45, 2.75) is 261 Å². The lowest BCUT2D eigenvalue weighted by molar-refractivity contribution is -0.332. The highest BCUT2D eigenvalue weighted by molar-refractivity contribution is 5.71. The molecule has 14 heteroatoms. The van der Waals surface area contributed by atoms with Gasteiger partial charge in [-0.2, -0.15) is 0 Å². The molecule has 14 nitrogen and oxygen atoms in total. The monoisotopic (exact) mass is 1010 g/mol. The first-order chi connectivity index (χ1) is 34.6. The third-order valence-corrected chi connectivity index (χ3v) is 13.1. The van der Waals surface area contributed by atoms with Crippen molar-refractivity contribution in [2.75, 3.05) is 33.0 Å². The summed E-state index contributed by atoms with van der Waals surface area (Å²) in [5.41, 5.74) is 0. The first-order valence-corrected chi connectivity index (χ1v) is 27.9. The van der Waals surface area contributed by atoms with E-state index in [1.54, 1.807) is 6.08 Å². The maximum Gasteiger partial charge on any atom is 0.310 e. The fourth-order valence-corrected chi connectivity index (χ4v) is 8.60. The molecule has 71 heavy (non-hydrogen) atoms. The molecule has 412 valence electrons. The molecule has 2 saturated heterocycles. The van der Waals surface area contributed by atoms with Gasteiger partial charge in [0.15, 0.2) is 12.6 Å². The van der Waals surface area contributed by atoms with E-state index in [0.717, 1.165) is 44.9 Å². The van der Waals surface area contributed by atoms with Crippen LogP contribution in [0.3, 0.4) is 0 Å². The summed E-state index contributed by atoms with van der Waals surface area (Å²) in [7, 11) is 0. The third kappa shape index (κ3) is 31.2. The number of carbonyl (C=O) groups excluding carboxylic acids is 1. The molecule has 2 fully saturated rings. The molecule has 0 saturated carbocycles. The van der Waals surface area contributed by atoms with Crippen molar-refractivity contribution in [1.82, 2.24) is 0 Å². The molecule has 2 rings (SSSR count). The molecule has 2 aliphatic heterocycles. The summed E-state index contributed by atoms with van der Waals surface area (Å²) in [5.74, 6) is -0.501. The van der Waals surface area contributed by atoms with Gasteiger partial charge in [-0.05, 0) is 38.5 Å². The first-order valence-electron chi connectivity index (χ1n) is 27.9. The Morgan fingerprint density at radius 3 is 1.31 bits per heavy atom. The maximum absolute atomic E-state index is 13.0. The highest BCUT2D eigenvalue weighted by Gasteiger charge is 2.47. The molecular weight excluding hydrogens is 909 g/mol. The Bertz CT molecular complexity index is 1400. The minimum atomic E-state index is -1.72. The maximum atomic E-state index is 13.0. The SMILES string of the molecule is CC/C=C\C/C=C\C/C=C\C/C=C\C/C=C\CC(=O)OC(COCCCCCCCCCCCCCCCCCCCCCCCC)COC1OC(COC2OC(CO)C(O)C(O)C2O)C(O)C(O)C1O. The van der Waals surface area contributed by atoms with Gasteiger partial charge >= 0.3 is 5.97 Å². The van der Waals surface area contributed by atoms with Crippen molar-refractivity contribution in [3.05, 3.63) is 60.8 Å². The number of allylic oxidation sites excluding steroid dienone is 9. The number of carbonyl (C=O) groups is 1. The molecule has 0 aromatic rings. The predicted octanol–water partition coefficient (Wildman–Crippen LogP) is 9.30. The van der Waals surface area contributed by atoms with Crippen molar-refractivity contribution in [3.63, 3.8) is 0 Å². The highest BCUT2D eigenvalue weighted by atomic mass is 16.7. The van der Waals surface area contributed by atoms with Crippen molar-refractivity contribution in [2.24, 2.45) is 0 Å². The number of aliphatic hydroxyl groups excluding tert-OH is 7. The van der Waals surface area contributed by atoms with E-state index in [4.69, 9.17) is 28.4 Å². The van der Waals surface area contributed by atoms with Crippen LogP contribution in [0.2, 0.25) is 0 Å². The number of hydrogen-bond donors (Lipinski definition) is 7. The van der Waals surface area contributed by atoms with Crippen LogP contribution in [-0.4, -0.2) is 142 Å². The zero-order chi connectivity index (χ0) is 51.6. The largest absolute Gasteiger partial charge is 0.457 e. The second kappa shape index (κ2) is 44.0. The third-order valence-electron chi connectivity index (χ3n) is 13.1. The van der Waals surface area contributed by atoms with E-state index >= 15 is 0 Å². The van der Waals surface area contributed by atoms with Gasteiger partial charge in [-0.25, -0.2) is 0 Å². The second-order valence-electron chi connectivity index (χ2n) is 19.4. The Balaban J connectivity index is 1.74. The van der Waals surface area contributed by atoms with Gasteiger partial charge in [0.2, 0.25) is 0 Å². The molecule has 0 aromatic carbocycles. The summed E-state index contributed by atoms with van der Waals surface area (Å²) in [6.45, 7) is 3.46. The van der Waals surface area contributed by atoms with Gasteiger partial charge in [-0.1, -0.05) is 209 Å². The van der Waals surface area contributed by atoms with Crippen LogP contribution in [0, 0.1) is 0 Å². The lowest BCUT2D eigenvalue weighted by Gasteiger charge is -2.42. The Morgan fingerprint density at radius 2 is 0.859 bits per heavy atom. The van der Waals surface area contributed by atoms with Gasteiger partial charge in [0.1, 0.15) is 54.9 Å². The van der Waals surface area contributed by atoms with Gasteiger partial charge in [-0.3, -0.25) is 4.79 Å². The zero-order valence-corrected chi connectivity index (χ0v) is 43.9. The minimum absolute atomic E-state index is 0.0221. The van der Waals surface area contributed by atoms with Crippen LogP contribution in [-0.2, 0) is 33.2 Å². The van der Waals surface area contributed by atoms with Crippen molar-refractivity contribution < 1.29 is 69.0 Å². The van der Waals surface area contributed by atoms with E-state index in [1.165, 1.54) is 122 Å². The van der Waals surface area contributed by atoms with E-state index in [-0.39, 0.29) is 19.6 Å². The standard InChI is InChI=1S/C57H100O14/c1-3-5-7-9-11-13-15-17-19-20-21-22-23-24-25-27-29-31-33-35-37-39-41-66-43-46(69-49(59)40-38-36-34-32-30-28-26-18-16-14-12-10-8-6-4-2)44-67-56-55(65)53(63)51(61)48(71-56)45-68-57-54(64)52(62)50(60)47(42-58)70-57/h6,8,12,14,18,26,30,32,36,38,46-48,50-58,60-65H,3-5,7,9-11,13,15-17,19-25,27-29,31,33-35,37,39-45H2,1-2H3/b8-6-,14-12-,26-18-,32-30-,38-36-. The Labute approximate surface area is 428 Å². The van der Waals surface area contributed by atoms with E-state index in [2.05, 4.69) is 56.4 Å². The first kappa shape index (κ1) is 64.8. The summed E-state index contributed by atoms with van der Waals surface area (Å²) in [6.07, 6.45) is 37.5. The number of unbranched alkanes of at least 4 members (excludes halogenated alkanes) is 21.